The lowest BCUT2D eigenvalue weighted by Gasteiger charge is -2.05. The first-order valence-corrected chi connectivity index (χ1v) is 3.52. The number of nitrogens with one attached hydrogen (secondary N) is 1. The molecule has 0 aromatic heterocycles. The average molecular weight is 160 g/mol. The molecule has 0 saturated carbocycles. The van der Waals surface area contributed by atoms with Crippen LogP contribution in [0.2, 0.25) is 0 Å². The Morgan fingerprint density at radius 1 is 1.45 bits per heavy atom. The molecule has 0 bridgehead atoms. The molecule has 0 aliphatic heterocycles. The summed E-state index contributed by atoms with van der Waals surface area (Å²) in [4.78, 5) is 0. The molecule has 0 radical (unpaired) electrons. The quantitative estimate of drug-likeness (QED) is 0.501. The Hall–Kier alpha value is -0.740. The molecule has 66 valence electrons. The summed E-state index contributed by atoms with van der Waals surface area (Å²) >= 11 is 0. The van der Waals surface area contributed by atoms with E-state index in [1.165, 1.54) is 0 Å². The average Bonchev–Trinajstić information content (AvgIpc) is 1.96. The maximum absolute atomic E-state index is 5.25. The van der Waals surface area contributed by atoms with E-state index in [-0.39, 0.29) is 0 Å². The van der Waals surface area contributed by atoms with Crippen LogP contribution in [-0.2, 0) is 9.47 Å². The van der Waals surface area contributed by atoms with Crippen LogP contribution >= 0.6 is 0 Å². The van der Waals surface area contributed by atoms with Gasteiger partial charge >= 0.3 is 0 Å². The van der Waals surface area contributed by atoms with Gasteiger partial charge in [-0.2, -0.15) is 0 Å². The minimum absolute atomic E-state index is 0.473. The molecule has 3 N–H and O–H groups in total. The zero-order chi connectivity index (χ0) is 8.53. The van der Waals surface area contributed by atoms with E-state index in [2.05, 4.69) is 11.9 Å². The van der Waals surface area contributed by atoms with Crippen molar-refractivity contribution in [2.75, 3.05) is 33.5 Å². The van der Waals surface area contributed by atoms with Gasteiger partial charge in [0, 0.05) is 13.7 Å². The fourth-order valence-electron chi connectivity index (χ4n) is 0.528. The van der Waals surface area contributed by atoms with E-state index in [9.17, 15) is 0 Å². The van der Waals surface area contributed by atoms with E-state index in [1.54, 1.807) is 7.11 Å². The van der Waals surface area contributed by atoms with Crippen molar-refractivity contribution in [3.63, 3.8) is 0 Å². The summed E-state index contributed by atoms with van der Waals surface area (Å²) in [5, 5.41) is 2.84. The summed E-state index contributed by atoms with van der Waals surface area (Å²) in [7, 11) is 1.64. The highest BCUT2D eigenvalue weighted by molar-refractivity contribution is 4.81. The minimum atomic E-state index is 0.473. The Bertz CT molecular complexity index is 107. The molecule has 4 heteroatoms. The van der Waals surface area contributed by atoms with Gasteiger partial charge < -0.3 is 20.5 Å². The largest absolute Gasteiger partial charge is 0.386 e. The van der Waals surface area contributed by atoms with Crippen molar-refractivity contribution in [1.29, 1.82) is 0 Å². The Morgan fingerprint density at radius 2 is 2.18 bits per heavy atom. The first-order chi connectivity index (χ1) is 5.27. The summed E-state index contributed by atoms with van der Waals surface area (Å²) in [5.41, 5.74) is 5.25. The van der Waals surface area contributed by atoms with Crippen LogP contribution in [-0.4, -0.2) is 33.5 Å². The van der Waals surface area contributed by atoms with Crippen LogP contribution < -0.4 is 11.1 Å². The van der Waals surface area contributed by atoms with E-state index in [0.717, 1.165) is 0 Å². The summed E-state index contributed by atoms with van der Waals surface area (Å²) in [6, 6.07) is 0. The predicted octanol–water partition coefficient (Wildman–Crippen LogP) is -0.331. The van der Waals surface area contributed by atoms with Crippen molar-refractivity contribution in [3.8, 4) is 0 Å². The summed E-state index contributed by atoms with van der Waals surface area (Å²) in [5.74, 6) is 0.473. The zero-order valence-electron chi connectivity index (χ0n) is 6.93. The lowest BCUT2D eigenvalue weighted by molar-refractivity contribution is 0.0727. The Balaban J connectivity index is 2.85. The van der Waals surface area contributed by atoms with Crippen molar-refractivity contribution in [2.45, 2.75) is 0 Å². The van der Waals surface area contributed by atoms with Crippen LogP contribution in [0, 0.1) is 0 Å². The number of ether oxygens (including phenoxy) is 2. The van der Waals surface area contributed by atoms with E-state index in [1.807, 2.05) is 0 Å². The minimum Gasteiger partial charge on any atom is -0.386 e. The second-order valence-electron chi connectivity index (χ2n) is 2.06. The van der Waals surface area contributed by atoms with Crippen LogP contribution in [0.3, 0.4) is 0 Å². The Kier molecular flexibility index (Phi) is 6.87. The summed E-state index contributed by atoms with van der Waals surface area (Å²) in [6.45, 7) is 6.04. The van der Waals surface area contributed by atoms with Crippen LogP contribution in [0.4, 0.5) is 0 Å². The number of rotatable bonds is 7. The maximum Gasteiger partial charge on any atom is 0.0886 e. The van der Waals surface area contributed by atoms with Gasteiger partial charge in [-0.1, -0.05) is 6.58 Å². The third kappa shape index (κ3) is 9.26. The third-order valence-corrected chi connectivity index (χ3v) is 1.03. The smallest absolute Gasteiger partial charge is 0.0886 e. The van der Waals surface area contributed by atoms with Gasteiger partial charge in [0.05, 0.1) is 25.6 Å². The van der Waals surface area contributed by atoms with Gasteiger partial charge in [0.2, 0.25) is 0 Å². The lowest BCUT2D eigenvalue weighted by atomic mass is 10.6. The molecule has 0 saturated heterocycles. The van der Waals surface area contributed by atoms with E-state index in [4.69, 9.17) is 15.2 Å². The monoisotopic (exact) mass is 160 g/mol. The molecule has 0 aliphatic rings. The highest BCUT2D eigenvalue weighted by Crippen LogP contribution is 1.75. The van der Waals surface area contributed by atoms with Crippen molar-refractivity contribution in [3.05, 3.63) is 12.4 Å². The number of hydrogen-bond donors (Lipinski definition) is 2. The van der Waals surface area contributed by atoms with E-state index in [0.29, 0.717) is 32.2 Å². The molecular weight excluding hydrogens is 144 g/mol. The normalized spacial score (nSPS) is 9.55. The number of hydrogen-bond acceptors (Lipinski definition) is 4. The van der Waals surface area contributed by atoms with Crippen molar-refractivity contribution >= 4 is 0 Å². The highest BCUT2D eigenvalue weighted by Gasteiger charge is 1.87. The lowest BCUT2D eigenvalue weighted by Crippen LogP contribution is -2.23. The van der Waals surface area contributed by atoms with Gasteiger partial charge in [0.15, 0.2) is 0 Å². The Morgan fingerprint density at radius 3 is 2.73 bits per heavy atom. The molecule has 0 spiro atoms. The molecule has 0 aromatic carbocycles. The number of nitrogens with two attached hydrogens (primary N) is 1. The number of methoxy groups -OCH3 is 1. The van der Waals surface area contributed by atoms with Crippen LogP contribution in [0.25, 0.3) is 0 Å². The van der Waals surface area contributed by atoms with Crippen LogP contribution in [0.1, 0.15) is 0 Å². The van der Waals surface area contributed by atoms with Crippen molar-refractivity contribution < 1.29 is 9.47 Å². The van der Waals surface area contributed by atoms with E-state index >= 15 is 0 Å². The predicted molar refractivity (Wildman–Crippen MR) is 44.0 cm³/mol. The standard InChI is InChI=1S/C7H16N2O2/c1-7(8)9-3-4-11-6-5-10-2/h9H,1,3-6,8H2,2H3. The Labute approximate surface area is 67.4 Å². The van der Waals surface area contributed by atoms with Gasteiger partial charge in [-0.25, -0.2) is 0 Å². The van der Waals surface area contributed by atoms with Crippen LogP contribution in [0.5, 0.6) is 0 Å². The van der Waals surface area contributed by atoms with E-state index < -0.39 is 0 Å². The van der Waals surface area contributed by atoms with Gasteiger partial charge in [-0.15, -0.1) is 0 Å². The van der Waals surface area contributed by atoms with Gasteiger partial charge in [0.25, 0.3) is 0 Å². The SMILES string of the molecule is C=C(N)NCCOCCOC. The molecule has 0 fully saturated rings. The fourth-order valence-corrected chi connectivity index (χ4v) is 0.528. The topological polar surface area (TPSA) is 56.5 Å². The molecule has 0 atom stereocenters. The molecule has 4 nitrogen and oxygen atoms in total. The summed E-state index contributed by atoms with van der Waals surface area (Å²) in [6.07, 6.45) is 0. The first-order valence-electron chi connectivity index (χ1n) is 3.52. The van der Waals surface area contributed by atoms with Crippen LogP contribution in [0.15, 0.2) is 12.4 Å². The van der Waals surface area contributed by atoms with Gasteiger partial charge in [-0.05, 0) is 0 Å². The molecule has 0 heterocycles. The molecule has 0 unspecified atom stereocenters. The molecular formula is C7H16N2O2. The second-order valence-corrected chi connectivity index (χ2v) is 2.06. The first kappa shape index (κ1) is 10.3. The molecule has 0 aliphatic carbocycles. The van der Waals surface area contributed by atoms with Crippen molar-refractivity contribution in [1.82, 2.24) is 5.32 Å². The fraction of sp³-hybridized carbons (Fsp3) is 0.714. The summed E-state index contributed by atoms with van der Waals surface area (Å²) < 4.78 is 9.92. The van der Waals surface area contributed by atoms with Crippen molar-refractivity contribution in [2.24, 2.45) is 5.73 Å². The molecule has 0 rings (SSSR count). The van der Waals surface area contributed by atoms with Gasteiger partial charge in [-0.3, -0.25) is 0 Å². The maximum atomic E-state index is 5.25. The molecule has 0 amide bonds. The third-order valence-electron chi connectivity index (χ3n) is 1.03. The highest BCUT2D eigenvalue weighted by atomic mass is 16.5. The molecule has 0 aromatic rings. The van der Waals surface area contributed by atoms with Gasteiger partial charge in [0.1, 0.15) is 0 Å². The zero-order valence-corrected chi connectivity index (χ0v) is 6.93. The molecule has 11 heavy (non-hydrogen) atoms. The second kappa shape index (κ2) is 7.37.